The lowest BCUT2D eigenvalue weighted by Crippen LogP contribution is -2.28. The van der Waals surface area contributed by atoms with Crippen molar-refractivity contribution in [3.8, 4) is 0 Å². The normalized spacial score (nSPS) is 16.6. The summed E-state index contributed by atoms with van der Waals surface area (Å²) in [7, 11) is -2.00. The smallest absolute Gasteiger partial charge is 0.263 e. The molecule has 3 aromatic carbocycles. The van der Waals surface area contributed by atoms with Crippen LogP contribution in [0.1, 0.15) is 35.4 Å². The van der Waals surface area contributed by atoms with Crippen molar-refractivity contribution in [1.29, 1.82) is 0 Å². The summed E-state index contributed by atoms with van der Waals surface area (Å²) in [5.74, 6) is -0.00780. The van der Waals surface area contributed by atoms with Gasteiger partial charge in [-0.3, -0.25) is 4.31 Å². The van der Waals surface area contributed by atoms with Gasteiger partial charge in [-0.15, -0.1) is 0 Å². The van der Waals surface area contributed by atoms with Crippen molar-refractivity contribution in [3.05, 3.63) is 107 Å². The van der Waals surface area contributed by atoms with Gasteiger partial charge in [-0.25, -0.2) is 8.42 Å². The summed E-state index contributed by atoms with van der Waals surface area (Å²) in [5, 5.41) is 1.14. The topological polar surface area (TPSA) is 53.2 Å². The van der Waals surface area contributed by atoms with Crippen LogP contribution in [-0.2, 0) is 10.0 Å². The molecule has 0 unspecified atom stereocenters. The molecule has 1 aliphatic rings. The van der Waals surface area contributed by atoms with Crippen LogP contribution >= 0.6 is 0 Å². The van der Waals surface area contributed by atoms with Crippen LogP contribution in [0, 0.1) is 6.92 Å². The van der Waals surface area contributed by atoms with Crippen LogP contribution in [0.15, 0.2) is 95.7 Å². The molecule has 0 spiro atoms. The zero-order valence-electron chi connectivity index (χ0n) is 18.2. The Balaban J connectivity index is 1.68. The highest BCUT2D eigenvalue weighted by Gasteiger charge is 2.36. The monoisotopic (exact) mass is 442 g/mol. The fraction of sp³-hybridized carbons (Fsp3) is 0.185. The van der Waals surface area contributed by atoms with Gasteiger partial charge in [-0.05, 0) is 54.7 Å². The predicted octanol–water partition coefficient (Wildman–Crippen LogP) is 6.09. The quantitative estimate of drug-likeness (QED) is 0.407. The van der Waals surface area contributed by atoms with Gasteiger partial charge in [0.2, 0.25) is 0 Å². The van der Waals surface area contributed by atoms with E-state index in [1.165, 1.54) is 4.31 Å². The Bertz CT molecular complexity index is 1400. The molecule has 0 amide bonds. The van der Waals surface area contributed by atoms with Gasteiger partial charge in [0.05, 0.1) is 4.90 Å². The lowest BCUT2D eigenvalue weighted by molar-refractivity contribution is 0.505. The molecule has 0 saturated heterocycles. The molecule has 32 heavy (non-hydrogen) atoms. The van der Waals surface area contributed by atoms with E-state index in [1.54, 1.807) is 19.2 Å². The Morgan fingerprint density at radius 3 is 2.34 bits per heavy atom. The highest BCUT2D eigenvalue weighted by atomic mass is 32.2. The van der Waals surface area contributed by atoms with Gasteiger partial charge in [0, 0.05) is 35.8 Å². The van der Waals surface area contributed by atoms with E-state index < -0.39 is 10.0 Å². The number of aromatic nitrogens is 1. The Labute approximate surface area is 189 Å². The maximum atomic E-state index is 13.7. The van der Waals surface area contributed by atoms with Crippen molar-refractivity contribution in [3.63, 3.8) is 0 Å². The average molecular weight is 443 g/mol. The second-order valence-electron chi connectivity index (χ2n) is 8.40. The van der Waals surface area contributed by atoms with Gasteiger partial charge in [0.1, 0.15) is 0 Å². The second kappa shape index (κ2) is 7.99. The van der Waals surface area contributed by atoms with E-state index in [4.69, 9.17) is 0 Å². The van der Waals surface area contributed by atoms with E-state index in [9.17, 15) is 8.42 Å². The molecular weight excluding hydrogens is 416 g/mol. The average Bonchev–Trinajstić information content (AvgIpc) is 3.43. The standard InChI is InChI=1S/C27H26N2O2S/c1-19-12-14-21(15-13-19)32(30,31)29(2)27-22(20-8-4-3-5-9-20)16-17-24(27)25-18-28-26-11-7-6-10-23(25)26/h3-15,18,24,28H,16-17H2,1-2H3/t24-/m1/s1. The number of fused-ring (bicyclic) bond motifs is 1. The minimum absolute atomic E-state index is 0.00780. The van der Waals surface area contributed by atoms with Gasteiger partial charge in [0.25, 0.3) is 10.0 Å². The Morgan fingerprint density at radius 2 is 1.59 bits per heavy atom. The molecule has 162 valence electrons. The summed E-state index contributed by atoms with van der Waals surface area (Å²) in [6.07, 6.45) is 3.74. The summed E-state index contributed by atoms with van der Waals surface area (Å²) < 4.78 is 28.9. The van der Waals surface area contributed by atoms with Crippen molar-refractivity contribution < 1.29 is 8.42 Å². The lowest BCUT2D eigenvalue weighted by atomic mass is 9.95. The molecule has 0 aliphatic heterocycles. The summed E-state index contributed by atoms with van der Waals surface area (Å²) in [4.78, 5) is 3.68. The molecule has 0 radical (unpaired) electrons. The number of para-hydroxylation sites is 1. The number of hydrogen-bond donors (Lipinski definition) is 1. The number of rotatable bonds is 5. The van der Waals surface area contributed by atoms with Crippen molar-refractivity contribution in [2.45, 2.75) is 30.6 Å². The Morgan fingerprint density at radius 1 is 0.906 bits per heavy atom. The van der Waals surface area contributed by atoms with Gasteiger partial charge in [0.15, 0.2) is 0 Å². The van der Waals surface area contributed by atoms with E-state index in [0.29, 0.717) is 4.90 Å². The van der Waals surface area contributed by atoms with Crippen LogP contribution in [0.2, 0.25) is 0 Å². The third-order valence-electron chi connectivity index (χ3n) is 6.46. The first-order valence-corrected chi connectivity index (χ1v) is 12.3. The first kappa shape index (κ1) is 20.6. The largest absolute Gasteiger partial charge is 0.361 e. The number of hydrogen-bond acceptors (Lipinski definition) is 2. The lowest BCUT2D eigenvalue weighted by Gasteiger charge is -2.27. The molecular formula is C27H26N2O2S. The van der Waals surface area contributed by atoms with Crippen LogP contribution in [0.25, 0.3) is 16.5 Å². The van der Waals surface area contributed by atoms with Crippen molar-refractivity contribution >= 4 is 26.5 Å². The molecule has 1 aromatic heterocycles. The number of sulfonamides is 1. The van der Waals surface area contributed by atoms with Gasteiger partial charge >= 0.3 is 0 Å². The Hall–Kier alpha value is -3.31. The maximum Gasteiger partial charge on any atom is 0.263 e. The number of aryl methyl sites for hydroxylation is 1. The van der Waals surface area contributed by atoms with E-state index in [2.05, 4.69) is 29.2 Å². The minimum atomic E-state index is -3.69. The molecule has 0 fully saturated rings. The molecule has 4 nitrogen and oxygen atoms in total. The van der Waals surface area contributed by atoms with Crippen LogP contribution in [0.4, 0.5) is 0 Å². The number of H-pyrrole nitrogens is 1. The molecule has 1 atom stereocenters. The van der Waals surface area contributed by atoms with Crippen molar-refractivity contribution in [2.75, 3.05) is 7.05 Å². The van der Waals surface area contributed by atoms with Crippen LogP contribution in [0.3, 0.4) is 0 Å². The predicted molar refractivity (Wildman–Crippen MR) is 130 cm³/mol. The maximum absolute atomic E-state index is 13.7. The molecule has 4 aromatic rings. The van der Waals surface area contributed by atoms with Crippen molar-refractivity contribution in [2.24, 2.45) is 0 Å². The van der Waals surface area contributed by atoms with Crippen LogP contribution < -0.4 is 0 Å². The third kappa shape index (κ3) is 3.43. The summed E-state index contributed by atoms with van der Waals surface area (Å²) in [6.45, 7) is 1.96. The third-order valence-corrected chi connectivity index (χ3v) is 8.25. The second-order valence-corrected chi connectivity index (χ2v) is 10.4. The van der Waals surface area contributed by atoms with Gasteiger partial charge in [-0.2, -0.15) is 0 Å². The molecule has 0 bridgehead atoms. The van der Waals surface area contributed by atoms with E-state index in [1.807, 2.05) is 55.6 Å². The number of likely N-dealkylation sites (N-methyl/N-ethyl adjacent to an activating group) is 1. The molecule has 1 heterocycles. The summed E-state index contributed by atoms with van der Waals surface area (Å²) in [5.41, 5.74) is 6.29. The number of benzene rings is 3. The van der Waals surface area contributed by atoms with Gasteiger partial charge < -0.3 is 4.98 Å². The zero-order chi connectivity index (χ0) is 22.3. The molecule has 5 rings (SSSR count). The molecule has 1 aliphatic carbocycles. The first-order valence-electron chi connectivity index (χ1n) is 10.9. The number of nitrogens with one attached hydrogen (secondary N) is 1. The van der Waals surface area contributed by atoms with E-state index >= 15 is 0 Å². The minimum Gasteiger partial charge on any atom is -0.361 e. The molecule has 0 saturated carbocycles. The molecule has 1 N–H and O–H groups in total. The van der Waals surface area contributed by atoms with E-state index in [0.717, 1.165) is 51.7 Å². The van der Waals surface area contributed by atoms with Crippen molar-refractivity contribution in [1.82, 2.24) is 9.29 Å². The molecule has 5 heteroatoms. The van der Waals surface area contributed by atoms with Crippen LogP contribution in [0.5, 0.6) is 0 Å². The number of allylic oxidation sites excluding steroid dienone is 2. The fourth-order valence-corrected chi connectivity index (χ4v) is 6.08. The Kier molecular flexibility index (Phi) is 5.14. The zero-order valence-corrected chi connectivity index (χ0v) is 19.1. The number of nitrogens with zero attached hydrogens (tertiary/aromatic N) is 1. The fourth-order valence-electron chi connectivity index (χ4n) is 4.79. The summed E-state index contributed by atoms with van der Waals surface area (Å²) >= 11 is 0. The first-order chi connectivity index (χ1) is 15.5. The SMILES string of the molecule is Cc1ccc(S(=O)(=O)N(C)C2=C(c3ccccc3)CC[C@@H]2c2c[nH]c3ccccc23)cc1. The van der Waals surface area contributed by atoms with Crippen LogP contribution in [-0.4, -0.2) is 24.8 Å². The highest BCUT2D eigenvalue weighted by Crippen LogP contribution is 2.47. The summed E-state index contributed by atoms with van der Waals surface area (Å²) in [6, 6.07) is 25.4. The highest BCUT2D eigenvalue weighted by molar-refractivity contribution is 7.89. The number of aromatic amines is 1. The van der Waals surface area contributed by atoms with Gasteiger partial charge in [-0.1, -0.05) is 66.2 Å². The van der Waals surface area contributed by atoms with E-state index in [-0.39, 0.29) is 5.92 Å².